The summed E-state index contributed by atoms with van der Waals surface area (Å²) in [4.78, 5) is 0. The molecule has 0 amide bonds. The van der Waals surface area contributed by atoms with Gasteiger partial charge in [0.05, 0.1) is 10.8 Å². The van der Waals surface area contributed by atoms with E-state index in [-0.39, 0.29) is 10.8 Å². The maximum absolute atomic E-state index is 3.86. The summed E-state index contributed by atoms with van der Waals surface area (Å²) >= 11 is 0. The van der Waals surface area contributed by atoms with Crippen LogP contribution in [0.1, 0.15) is 44.5 Å². The molecule has 8 aromatic rings. The molecule has 0 atom stereocenters. The average Bonchev–Trinajstić information content (AvgIpc) is 3.87. The second-order valence-electron chi connectivity index (χ2n) is 14.4. The molecule has 12 rings (SSSR count). The Morgan fingerprint density at radius 2 is 0.471 bits per heavy atom. The van der Waals surface area contributed by atoms with Crippen molar-refractivity contribution < 1.29 is 0 Å². The normalized spacial score (nSPS) is 15.0. The SMILES string of the molecule is c1ccc2c(c1)-c1ccccc1C21c2ccccc2-c2cc(Nc3ccc4c(c3)-c3ccccc3C43c4ccccc4-c4ccccc43)ccc21. The fourth-order valence-electron chi connectivity index (χ4n) is 10.5. The van der Waals surface area contributed by atoms with Crippen LogP contribution >= 0.6 is 0 Å². The summed E-state index contributed by atoms with van der Waals surface area (Å²) < 4.78 is 0. The van der Waals surface area contributed by atoms with Gasteiger partial charge in [-0.05, 0) is 113 Å². The van der Waals surface area contributed by atoms with Gasteiger partial charge >= 0.3 is 0 Å². The summed E-state index contributed by atoms with van der Waals surface area (Å²) in [5, 5.41) is 3.86. The lowest BCUT2D eigenvalue weighted by molar-refractivity contribution is 0.793. The van der Waals surface area contributed by atoms with Crippen LogP contribution in [0.3, 0.4) is 0 Å². The molecule has 0 saturated heterocycles. The van der Waals surface area contributed by atoms with Crippen LogP contribution in [0.2, 0.25) is 0 Å². The van der Waals surface area contributed by atoms with E-state index < -0.39 is 0 Å². The molecule has 0 bridgehead atoms. The number of hydrogen-bond acceptors (Lipinski definition) is 1. The third kappa shape index (κ3) is 3.19. The first-order valence-corrected chi connectivity index (χ1v) is 17.9. The highest BCUT2D eigenvalue weighted by atomic mass is 14.9. The van der Waals surface area contributed by atoms with Crippen molar-refractivity contribution in [3.05, 3.63) is 226 Å². The van der Waals surface area contributed by atoms with Crippen molar-refractivity contribution in [2.45, 2.75) is 10.8 Å². The van der Waals surface area contributed by atoms with Gasteiger partial charge in [-0.2, -0.15) is 0 Å². The van der Waals surface area contributed by atoms with E-state index in [1.165, 1.54) is 89.0 Å². The van der Waals surface area contributed by atoms with Crippen LogP contribution in [0.5, 0.6) is 0 Å². The molecule has 0 fully saturated rings. The molecule has 236 valence electrons. The summed E-state index contributed by atoms with van der Waals surface area (Å²) in [7, 11) is 0. The highest BCUT2D eigenvalue weighted by Gasteiger charge is 2.53. The van der Waals surface area contributed by atoms with Gasteiger partial charge < -0.3 is 5.32 Å². The van der Waals surface area contributed by atoms with Gasteiger partial charge in [-0.1, -0.05) is 158 Å². The number of benzene rings is 8. The fraction of sp³-hybridized carbons (Fsp3) is 0.0400. The summed E-state index contributed by atoms with van der Waals surface area (Å²) in [6.07, 6.45) is 0. The summed E-state index contributed by atoms with van der Waals surface area (Å²) in [5.74, 6) is 0. The van der Waals surface area contributed by atoms with Crippen molar-refractivity contribution in [2.75, 3.05) is 5.32 Å². The minimum absolute atomic E-state index is 0.322. The van der Waals surface area contributed by atoms with E-state index in [0.717, 1.165) is 11.4 Å². The van der Waals surface area contributed by atoms with E-state index >= 15 is 0 Å². The van der Waals surface area contributed by atoms with E-state index in [0.29, 0.717) is 0 Å². The molecule has 8 aromatic carbocycles. The third-order valence-corrected chi connectivity index (χ3v) is 12.3. The van der Waals surface area contributed by atoms with E-state index in [1.54, 1.807) is 0 Å². The first kappa shape index (κ1) is 27.4. The van der Waals surface area contributed by atoms with Crippen LogP contribution in [-0.4, -0.2) is 0 Å². The number of fused-ring (bicyclic) bond motifs is 20. The molecule has 0 radical (unpaired) electrons. The Morgan fingerprint density at radius 3 is 0.765 bits per heavy atom. The number of rotatable bonds is 2. The van der Waals surface area contributed by atoms with Gasteiger partial charge in [-0.3, -0.25) is 0 Å². The van der Waals surface area contributed by atoms with Crippen molar-refractivity contribution in [3.63, 3.8) is 0 Å². The Kier molecular flexibility index (Phi) is 5.17. The number of hydrogen-bond donors (Lipinski definition) is 1. The second-order valence-corrected chi connectivity index (χ2v) is 14.4. The zero-order valence-corrected chi connectivity index (χ0v) is 27.8. The smallest absolute Gasteiger partial charge is 0.0725 e. The minimum Gasteiger partial charge on any atom is -0.355 e. The summed E-state index contributed by atoms with van der Waals surface area (Å²) in [6, 6.07) is 68.1. The van der Waals surface area contributed by atoms with Crippen LogP contribution in [0.4, 0.5) is 11.4 Å². The lowest BCUT2D eigenvalue weighted by atomic mass is 9.70. The quantitative estimate of drug-likeness (QED) is 0.197. The number of anilines is 2. The van der Waals surface area contributed by atoms with Crippen molar-refractivity contribution in [2.24, 2.45) is 0 Å². The van der Waals surface area contributed by atoms with Gasteiger partial charge in [0.15, 0.2) is 0 Å². The van der Waals surface area contributed by atoms with Crippen molar-refractivity contribution in [1.29, 1.82) is 0 Å². The number of nitrogens with one attached hydrogen (secondary N) is 1. The fourth-order valence-corrected chi connectivity index (χ4v) is 10.5. The molecule has 1 heteroatoms. The monoisotopic (exact) mass is 645 g/mol. The van der Waals surface area contributed by atoms with Crippen LogP contribution in [0.25, 0.3) is 44.5 Å². The predicted octanol–water partition coefficient (Wildman–Crippen LogP) is 12.1. The molecule has 4 aliphatic rings. The molecule has 0 aliphatic heterocycles. The Hall–Kier alpha value is -6.44. The maximum Gasteiger partial charge on any atom is 0.0725 e. The topological polar surface area (TPSA) is 12.0 Å². The predicted molar refractivity (Wildman–Crippen MR) is 209 cm³/mol. The first-order chi connectivity index (χ1) is 25.3. The zero-order chi connectivity index (χ0) is 33.3. The molecule has 1 nitrogen and oxygen atoms in total. The average molecular weight is 646 g/mol. The molecule has 0 heterocycles. The molecule has 2 spiro atoms. The van der Waals surface area contributed by atoms with E-state index in [2.05, 4.69) is 187 Å². The highest BCUT2D eigenvalue weighted by molar-refractivity contribution is 5.98. The minimum atomic E-state index is -0.322. The standard InChI is InChI=1S/C50H31N/c1-7-19-41-33(13-1)34-14-2-8-20-42(34)49(41)45-23-11-5-17-37(45)39-29-31(25-27-47(39)49)51-32-26-28-48-40(30-32)38-18-6-12-24-46(38)50(48)43-21-9-3-15-35(43)36-16-4-10-22-44(36)50/h1-30,51H. The van der Waals surface area contributed by atoms with Crippen LogP contribution in [0.15, 0.2) is 182 Å². The molecule has 51 heavy (non-hydrogen) atoms. The van der Waals surface area contributed by atoms with E-state index in [1.807, 2.05) is 0 Å². The molecule has 1 N–H and O–H groups in total. The molecular weight excluding hydrogens is 615 g/mol. The molecule has 4 aliphatic carbocycles. The van der Waals surface area contributed by atoms with Crippen LogP contribution in [-0.2, 0) is 10.8 Å². The largest absolute Gasteiger partial charge is 0.355 e. The van der Waals surface area contributed by atoms with Gasteiger partial charge in [-0.25, -0.2) is 0 Å². The Bertz CT molecular complexity index is 2520. The van der Waals surface area contributed by atoms with Crippen molar-refractivity contribution in [3.8, 4) is 44.5 Å². The Balaban J connectivity index is 1.01. The third-order valence-electron chi connectivity index (χ3n) is 12.3. The molecule has 0 saturated carbocycles. The Labute approximate surface area is 297 Å². The first-order valence-electron chi connectivity index (χ1n) is 17.9. The second kappa shape index (κ2) is 9.62. The van der Waals surface area contributed by atoms with Crippen molar-refractivity contribution in [1.82, 2.24) is 0 Å². The van der Waals surface area contributed by atoms with Crippen LogP contribution < -0.4 is 5.32 Å². The molecule has 0 unspecified atom stereocenters. The van der Waals surface area contributed by atoms with Crippen LogP contribution in [0, 0.1) is 0 Å². The lowest BCUT2D eigenvalue weighted by Gasteiger charge is -2.30. The van der Waals surface area contributed by atoms with E-state index in [4.69, 9.17) is 0 Å². The zero-order valence-electron chi connectivity index (χ0n) is 27.8. The van der Waals surface area contributed by atoms with E-state index in [9.17, 15) is 0 Å². The lowest BCUT2D eigenvalue weighted by Crippen LogP contribution is -2.25. The highest BCUT2D eigenvalue weighted by Crippen LogP contribution is 2.64. The van der Waals surface area contributed by atoms with Gasteiger partial charge in [-0.15, -0.1) is 0 Å². The van der Waals surface area contributed by atoms with Gasteiger partial charge in [0.25, 0.3) is 0 Å². The summed E-state index contributed by atoms with van der Waals surface area (Å²) in [6.45, 7) is 0. The van der Waals surface area contributed by atoms with Crippen molar-refractivity contribution >= 4 is 11.4 Å². The Morgan fingerprint density at radius 1 is 0.235 bits per heavy atom. The van der Waals surface area contributed by atoms with Gasteiger partial charge in [0.1, 0.15) is 0 Å². The van der Waals surface area contributed by atoms with Gasteiger partial charge in [0.2, 0.25) is 0 Å². The molecule has 0 aromatic heterocycles. The molecular formula is C50H31N. The van der Waals surface area contributed by atoms with Gasteiger partial charge in [0, 0.05) is 11.4 Å². The summed E-state index contributed by atoms with van der Waals surface area (Å²) in [5.41, 5.74) is 23.0. The maximum atomic E-state index is 3.86.